The number of rotatable bonds is 3. The predicted molar refractivity (Wildman–Crippen MR) is 44.2 cm³/mol. The lowest BCUT2D eigenvalue weighted by Gasteiger charge is -2.18. The Morgan fingerprint density at radius 1 is 1.29 bits per heavy atom. The minimum atomic E-state index is -4.67. The van der Waals surface area contributed by atoms with E-state index in [4.69, 9.17) is 5.11 Å². The van der Waals surface area contributed by atoms with Crippen molar-refractivity contribution >= 4 is 0 Å². The molecular formula is C9H10F3O2. The molecule has 5 heteroatoms. The summed E-state index contributed by atoms with van der Waals surface area (Å²) in [6.07, 6.45) is -2.92. The van der Waals surface area contributed by atoms with Crippen molar-refractivity contribution in [2.45, 2.75) is 24.8 Å². The fraction of sp³-hybridized carbons (Fsp3) is 0.444. The first-order chi connectivity index (χ1) is 6.41. The SMILES string of the molecule is OC(CC(O)C(F)(F)F)C1=C[CH]C=C1. The van der Waals surface area contributed by atoms with Gasteiger partial charge in [-0.1, -0.05) is 18.2 Å². The van der Waals surface area contributed by atoms with E-state index in [9.17, 15) is 18.3 Å². The Morgan fingerprint density at radius 3 is 2.36 bits per heavy atom. The Bertz CT molecular complexity index is 255. The molecule has 0 fully saturated rings. The molecule has 0 aromatic carbocycles. The summed E-state index contributed by atoms with van der Waals surface area (Å²) >= 11 is 0. The van der Waals surface area contributed by atoms with Gasteiger partial charge in [-0.2, -0.15) is 13.2 Å². The lowest BCUT2D eigenvalue weighted by molar-refractivity contribution is -0.209. The number of alkyl halides is 3. The van der Waals surface area contributed by atoms with Gasteiger partial charge in [0, 0.05) is 12.8 Å². The van der Waals surface area contributed by atoms with Crippen LogP contribution in [-0.2, 0) is 0 Å². The number of aliphatic hydroxyl groups is 2. The average molecular weight is 207 g/mol. The molecule has 0 spiro atoms. The molecule has 79 valence electrons. The highest BCUT2D eigenvalue weighted by atomic mass is 19.4. The molecule has 0 heterocycles. The van der Waals surface area contributed by atoms with Crippen LogP contribution < -0.4 is 0 Å². The Labute approximate surface area is 79.4 Å². The van der Waals surface area contributed by atoms with Gasteiger partial charge in [-0.05, 0) is 5.57 Å². The molecule has 2 atom stereocenters. The molecule has 0 saturated carbocycles. The Balaban J connectivity index is 2.48. The minimum absolute atomic E-state index is 0.383. The molecule has 0 amide bonds. The predicted octanol–water partition coefficient (Wildman–Crippen LogP) is 1.36. The van der Waals surface area contributed by atoms with Gasteiger partial charge in [-0.25, -0.2) is 0 Å². The maximum absolute atomic E-state index is 11.9. The Hall–Kier alpha value is -0.810. The molecule has 1 aliphatic rings. The standard InChI is InChI=1S/C9H10F3O2/c10-9(11,12)8(14)5-7(13)6-3-1-2-4-6/h1-4,7-8,13-14H,5H2. The van der Waals surface area contributed by atoms with Gasteiger partial charge in [0.05, 0.1) is 6.10 Å². The quantitative estimate of drug-likeness (QED) is 0.733. The van der Waals surface area contributed by atoms with E-state index < -0.39 is 24.8 Å². The topological polar surface area (TPSA) is 40.5 Å². The van der Waals surface area contributed by atoms with E-state index in [0.717, 1.165) is 0 Å². The highest BCUT2D eigenvalue weighted by molar-refractivity contribution is 5.36. The average Bonchev–Trinajstić information content (AvgIpc) is 2.53. The third kappa shape index (κ3) is 2.85. The van der Waals surface area contributed by atoms with Crippen molar-refractivity contribution in [1.82, 2.24) is 0 Å². The van der Waals surface area contributed by atoms with Gasteiger partial charge in [-0.3, -0.25) is 0 Å². The minimum Gasteiger partial charge on any atom is -0.388 e. The number of hydrogen-bond donors (Lipinski definition) is 2. The summed E-state index contributed by atoms with van der Waals surface area (Å²) in [6.45, 7) is 0. The van der Waals surface area contributed by atoms with Gasteiger partial charge in [0.1, 0.15) is 0 Å². The van der Waals surface area contributed by atoms with Crippen LogP contribution in [-0.4, -0.2) is 28.6 Å². The fourth-order valence-corrected chi connectivity index (χ4v) is 1.09. The van der Waals surface area contributed by atoms with E-state index in [1.165, 1.54) is 12.2 Å². The zero-order valence-corrected chi connectivity index (χ0v) is 7.20. The monoisotopic (exact) mass is 207 g/mol. The summed E-state index contributed by atoms with van der Waals surface area (Å²) in [6, 6.07) is 0. The maximum Gasteiger partial charge on any atom is 0.414 e. The van der Waals surface area contributed by atoms with Crippen LogP contribution in [0.4, 0.5) is 13.2 Å². The van der Waals surface area contributed by atoms with E-state index in [2.05, 4.69) is 0 Å². The normalized spacial score (nSPS) is 20.8. The molecule has 2 unspecified atom stereocenters. The van der Waals surface area contributed by atoms with E-state index in [1.807, 2.05) is 0 Å². The molecule has 1 aliphatic carbocycles. The summed E-state index contributed by atoms with van der Waals surface area (Å²) in [5, 5.41) is 18.0. The summed E-state index contributed by atoms with van der Waals surface area (Å²) in [7, 11) is 0. The number of hydrogen-bond acceptors (Lipinski definition) is 2. The molecule has 1 rings (SSSR count). The van der Waals surface area contributed by atoms with Crippen LogP contribution in [0.2, 0.25) is 0 Å². The lowest BCUT2D eigenvalue weighted by Crippen LogP contribution is -2.32. The van der Waals surface area contributed by atoms with Crippen LogP contribution in [0.25, 0.3) is 0 Å². The van der Waals surface area contributed by atoms with Crippen LogP contribution >= 0.6 is 0 Å². The molecule has 0 bridgehead atoms. The van der Waals surface area contributed by atoms with Crippen LogP contribution in [0.1, 0.15) is 6.42 Å². The first-order valence-electron chi connectivity index (χ1n) is 4.05. The molecular weight excluding hydrogens is 197 g/mol. The van der Waals surface area contributed by atoms with Crippen molar-refractivity contribution in [1.29, 1.82) is 0 Å². The molecule has 2 N–H and O–H groups in total. The highest BCUT2D eigenvalue weighted by Crippen LogP contribution is 2.26. The van der Waals surface area contributed by atoms with Gasteiger partial charge in [0.2, 0.25) is 0 Å². The van der Waals surface area contributed by atoms with Crippen LogP contribution in [0, 0.1) is 6.42 Å². The van der Waals surface area contributed by atoms with Crippen molar-refractivity contribution < 1.29 is 23.4 Å². The largest absolute Gasteiger partial charge is 0.414 e. The highest BCUT2D eigenvalue weighted by Gasteiger charge is 2.39. The molecule has 1 radical (unpaired) electrons. The van der Waals surface area contributed by atoms with Crippen molar-refractivity contribution in [2.24, 2.45) is 0 Å². The van der Waals surface area contributed by atoms with E-state index in [0.29, 0.717) is 5.57 Å². The van der Waals surface area contributed by atoms with Crippen molar-refractivity contribution in [3.05, 3.63) is 30.2 Å². The maximum atomic E-state index is 11.9. The third-order valence-electron chi connectivity index (χ3n) is 1.90. The first kappa shape index (κ1) is 11.3. The summed E-state index contributed by atoms with van der Waals surface area (Å²) < 4.78 is 35.7. The molecule has 14 heavy (non-hydrogen) atoms. The third-order valence-corrected chi connectivity index (χ3v) is 1.90. The van der Waals surface area contributed by atoms with Crippen molar-refractivity contribution in [2.75, 3.05) is 0 Å². The summed E-state index contributed by atoms with van der Waals surface area (Å²) in [5.74, 6) is 0. The van der Waals surface area contributed by atoms with Gasteiger partial charge in [0.15, 0.2) is 6.10 Å². The molecule has 0 aliphatic heterocycles. The second-order valence-corrected chi connectivity index (χ2v) is 3.03. The van der Waals surface area contributed by atoms with Gasteiger partial charge >= 0.3 is 6.18 Å². The van der Waals surface area contributed by atoms with E-state index >= 15 is 0 Å². The second-order valence-electron chi connectivity index (χ2n) is 3.03. The smallest absolute Gasteiger partial charge is 0.388 e. The zero-order chi connectivity index (χ0) is 10.8. The Morgan fingerprint density at radius 2 is 1.93 bits per heavy atom. The number of halogens is 3. The van der Waals surface area contributed by atoms with Crippen molar-refractivity contribution in [3.63, 3.8) is 0 Å². The van der Waals surface area contributed by atoms with Gasteiger partial charge in [-0.15, -0.1) is 0 Å². The summed E-state index contributed by atoms with van der Waals surface area (Å²) in [4.78, 5) is 0. The fourth-order valence-electron chi connectivity index (χ4n) is 1.09. The second kappa shape index (κ2) is 4.14. The molecule has 2 nitrogen and oxygen atoms in total. The van der Waals surface area contributed by atoms with E-state index in [1.54, 1.807) is 12.5 Å². The molecule has 0 aromatic rings. The van der Waals surface area contributed by atoms with E-state index in [-0.39, 0.29) is 0 Å². The van der Waals surface area contributed by atoms with Gasteiger partial charge in [0.25, 0.3) is 0 Å². The van der Waals surface area contributed by atoms with Crippen LogP contribution in [0.5, 0.6) is 0 Å². The zero-order valence-electron chi connectivity index (χ0n) is 7.20. The van der Waals surface area contributed by atoms with Crippen molar-refractivity contribution in [3.8, 4) is 0 Å². The lowest BCUT2D eigenvalue weighted by atomic mass is 10.0. The number of aliphatic hydroxyl groups excluding tert-OH is 2. The first-order valence-corrected chi connectivity index (χ1v) is 4.05. The summed E-state index contributed by atoms with van der Waals surface area (Å²) in [5.41, 5.74) is 0.383. The molecule has 0 aromatic heterocycles. The number of allylic oxidation sites excluding steroid dienone is 2. The van der Waals surface area contributed by atoms with Crippen LogP contribution in [0.15, 0.2) is 23.8 Å². The van der Waals surface area contributed by atoms with Gasteiger partial charge < -0.3 is 10.2 Å². The Kier molecular flexibility index (Phi) is 3.34. The van der Waals surface area contributed by atoms with Crippen LogP contribution in [0.3, 0.4) is 0 Å². The molecule has 0 saturated heterocycles.